The molecule has 0 aliphatic heterocycles. The van der Waals surface area contributed by atoms with Crippen LogP contribution < -0.4 is 5.32 Å². The van der Waals surface area contributed by atoms with Crippen molar-refractivity contribution in [1.29, 1.82) is 0 Å². The maximum Gasteiger partial charge on any atom is 0.00791 e. The summed E-state index contributed by atoms with van der Waals surface area (Å²) in [6, 6.07) is 0.755. The van der Waals surface area contributed by atoms with Gasteiger partial charge in [0, 0.05) is 12.6 Å². The average Bonchev–Trinajstić information content (AvgIpc) is 3.07. The molecule has 1 aliphatic carbocycles. The van der Waals surface area contributed by atoms with Crippen molar-refractivity contribution in [1.82, 2.24) is 10.2 Å². The molecule has 0 spiro atoms. The van der Waals surface area contributed by atoms with Crippen LogP contribution in [0, 0.1) is 5.92 Å². The lowest BCUT2D eigenvalue weighted by Crippen LogP contribution is -2.37. The fraction of sp³-hybridized carbons (Fsp3) is 1.00. The quantitative estimate of drug-likeness (QED) is 0.576. The van der Waals surface area contributed by atoms with Crippen LogP contribution in [0.3, 0.4) is 0 Å². The summed E-state index contributed by atoms with van der Waals surface area (Å²) in [5.41, 5.74) is 0. The second-order valence-corrected chi connectivity index (χ2v) is 5.33. The standard InChI is InChI=1S/C14H30N2/c1-4-9-15-10-8-13(3)16(11-5-2)12-14-6-7-14/h13-15H,4-12H2,1-3H3. The van der Waals surface area contributed by atoms with Crippen molar-refractivity contribution in [3.05, 3.63) is 0 Å². The highest BCUT2D eigenvalue weighted by atomic mass is 15.2. The second kappa shape index (κ2) is 8.08. The Balaban J connectivity index is 2.14. The highest BCUT2D eigenvalue weighted by molar-refractivity contribution is 4.79. The van der Waals surface area contributed by atoms with E-state index in [2.05, 4.69) is 31.0 Å². The van der Waals surface area contributed by atoms with Gasteiger partial charge in [-0.15, -0.1) is 0 Å². The van der Waals surface area contributed by atoms with Crippen LogP contribution in [0.1, 0.15) is 52.9 Å². The van der Waals surface area contributed by atoms with Gasteiger partial charge in [0.05, 0.1) is 0 Å². The van der Waals surface area contributed by atoms with E-state index in [1.54, 1.807) is 0 Å². The molecule has 1 atom stereocenters. The van der Waals surface area contributed by atoms with Crippen LogP contribution in [-0.4, -0.2) is 37.1 Å². The molecule has 1 aliphatic rings. The molecule has 1 N–H and O–H groups in total. The predicted molar refractivity (Wildman–Crippen MR) is 71.8 cm³/mol. The molecule has 0 radical (unpaired) electrons. The topological polar surface area (TPSA) is 15.3 Å². The third-order valence-electron chi connectivity index (χ3n) is 3.49. The lowest BCUT2D eigenvalue weighted by atomic mass is 10.1. The smallest absolute Gasteiger partial charge is 0.00791 e. The van der Waals surface area contributed by atoms with Gasteiger partial charge >= 0.3 is 0 Å². The van der Waals surface area contributed by atoms with E-state index in [9.17, 15) is 0 Å². The van der Waals surface area contributed by atoms with Crippen LogP contribution in [-0.2, 0) is 0 Å². The summed E-state index contributed by atoms with van der Waals surface area (Å²) < 4.78 is 0. The summed E-state index contributed by atoms with van der Waals surface area (Å²) in [5, 5.41) is 3.51. The van der Waals surface area contributed by atoms with Crippen LogP contribution >= 0.6 is 0 Å². The summed E-state index contributed by atoms with van der Waals surface area (Å²) in [7, 11) is 0. The van der Waals surface area contributed by atoms with Crippen LogP contribution in [0.5, 0.6) is 0 Å². The summed E-state index contributed by atoms with van der Waals surface area (Å²) in [6.45, 7) is 11.9. The summed E-state index contributed by atoms with van der Waals surface area (Å²) >= 11 is 0. The van der Waals surface area contributed by atoms with Crippen molar-refractivity contribution < 1.29 is 0 Å². The summed E-state index contributed by atoms with van der Waals surface area (Å²) in [6.07, 6.45) is 6.78. The predicted octanol–water partition coefficient (Wildman–Crippen LogP) is 2.89. The number of nitrogens with one attached hydrogen (secondary N) is 1. The fourth-order valence-corrected chi connectivity index (χ4v) is 2.21. The molecule has 0 aromatic rings. The van der Waals surface area contributed by atoms with Crippen LogP contribution in [0.15, 0.2) is 0 Å². The Morgan fingerprint density at radius 2 is 1.94 bits per heavy atom. The van der Waals surface area contributed by atoms with Crippen molar-refractivity contribution >= 4 is 0 Å². The lowest BCUT2D eigenvalue weighted by molar-refractivity contribution is 0.191. The summed E-state index contributed by atoms with van der Waals surface area (Å²) in [5.74, 6) is 1.03. The zero-order valence-electron chi connectivity index (χ0n) is 11.5. The third-order valence-corrected chi connectivity index (χ3v) is 3.49. The van der Waals surface area contributed by atoms with Crippen molar-refractivity contribution in [3.63, 3.8) is 0 Å². The zero-order valence-corrected chi connectivity index (χ0v) is 11.5. The minimum Gasteiger partial charge on any atom is -0.317 e. The molecule has 2 heteroatoms. The normalized spacial score (nSPS) is 18.0. The Morgan fingerprint density at radius 1 is 1.19 bits per heavy atom. The van der Waals surface area contributed by atoms with E-state index >= 15 is 0 Å². The van der Waals surface area contributed by atoms with E-state index in [4.69, 9.17) is 0 Å². The first-order valence-corrected chi connectivity index (χ1v) is 7.22. The van der Waals surface area contributed by atoms with Gasteiger partial charge in [-0.2, -0.15) is 0 Å². The van der Waals surface area contributed by atoms with Crippen molar-refractivity contribution in [2.75, 3.05) is 26.2 Å². The minimum atomic E-state index is 0.755. The Kier molecular flexibility index (Phi) is 7.06. The van der Waals surface area contributed by atoms with E-state index in [0.29, 0.717) is 0 Å². The van der Waals surface area contributed by atoms with E-state index in [1.807, 2.05) is 0 Å². The average molecular weight is 226 g/mol. The van der Waals surface area contributed by atoms with Crippen LogP contribution in [0.2, 0.25) is 0 Å². The van der Waals surface area contributed by atoms with Gasteiger partial charge in [-0.25, -0.2) is 0 Å². The van der Waals surface area contributed by atoms with Crippen molar-refractivity contribution in [2.45, 2.75) is 58.9 Å². The molecule has 1 unspecified atom stereocenters. The maximum atomic E-state index is 3.51. The molecule has 1 fully saturated rings. The first-order valence-electron chi connectivity index (χ1n) is 7.22. The van der Waals surface area contributed by atoms with Gasteiger partial charge in [-0.05, 0) is 64.6 Å². The van der Waals surface area contributed by atoms with Crippen LogP contribution in [0.4, 0.5) is 0 Å². The molecule has 0 aromatic carbocycles. The Bertz CT molecular complexity index is 166. The van der Waals surface area contributed by atoms with Crippen molar-refractivity contribution in [3.8, 4) is 0 Å². The lowest BCUT2D eigenvalue weighted by Gasteiger charge is -2.29. The minimum absolute atomic E-state index is 0.755. The van der Waals surface area contributed by atoms with E-state index < -0.39 is 0 Å². The van der Waals surface area contributed by atoms with Gasteiger partial charge in [0.2, 0.25) is 0 Å². The highest BCUT2D eigenvalue weighted by Crippen LogP contribution is 2.30. The van der Waals surface area contributed by atoms with Gasteiger partial charge in [0.15, 0.2) is 0 Å². The zero-order chi connectivity index (χ0) is 11.8. The molecular formula is C14H30N2. The van der Waals surface area contributed by atoms with Gasteiger partial charge in [0.1, 0.15) is 0 Å². The molecule has 96 valence electrons. The van der Waals surface area contributed by atoms with Gasteiger partial charge in [-0.1, -0.05) is 13.8 Å². The molecule has 1 rings (SSSR count). The third kappa shape index (κ3) is 5.86. The first kappa shape index (κ1) is 14.0. The first-order chi connectivity index (χ1) is 7.77. The molecule has 2 nitrogen and oxygen atoms in total. The molecule has 0 bridgehead atoms. The Hall–Kier alpha value is -0.0800. The Morgan fingerprint density at radius 3 is 2.50 bits per heavy atom. The van der Waals surface area contributed by atoms with Gasteiger partial charge in [-0.3, -0.25) is 0 Å². The van der Waals surface area contributed by atoms with E-state index in [1.165, 1.54) is 58.3 Å². The summed E-state index contributed by atoms with van der Waals surface area (Å²) in [4.78, 5) is 2.70. The monoisotopic (exact) mass is 226 g/mol. The number of rotatable bonds is 10. The van der Waals surface area contributed by atoms with Gasteiger partial charge in [0.25, 0.3) is 0 Å². The van der Waals surface area contributed by atoms with Crippen LogP contribution in [0.25, 0.3) is 0 Å². The molecule has 16 heavy (non-hydrogen) atoms. The molecule has 0 heterocycles. The largest absolute Gasteiger partial charge is 0.317 e. The Labute approximate surface area is 102 Å². The van der Waals surface area contributed by atoms with E-state index in [-0.39, 0.29) is 0 Å². The molecule has 0 amide bonds. The number of hydrogen-bond donors (Lipinski definition) is 1. The molecule has 1 saturated carbocycles. The molecule has 0 aromatic heterocycles. The second-order valence-electron chi connectivity index (χ2n) is 5.33. The number of nitrogens with zero attached hydrogens (tertiary/aromatic N) is 1. The fourth-order valence-electron chi connectivity index (χ4n) is 2.21. The van der Waals surface area contributed by atoms with Gasteiger partial charge < -0.3 is 10.2 Å². The molecule has 0 saturated heterocycles. The highest BCUT2D eigenvalue weighted by Gasteiger charge is 2.25. The molecular weight excluding hydrogens is 196 g/mol. The van der Waals surface area contributed by atoms with Crippen molar-refractivity contribution in [2.24, 2.45) is 5.92 Å². The van der Waals surface area contributed by atoms with E-state index in [0.717, 1.165) is 12.0 Å². The SMILES string of the molecule is CCCNCCC(C)N(CCC)CC1CC1. The maximum absolute atomic E-state index is 3.51. The number of hydrogen-bond acceptors (Lipinski definition) is 2.